The first kappa shape index (κ1) is 31.3. The molecule has 236 valence electrons. The van der Waals surface area contributed by atoms with E-state index < -0.39 is 35.6 Å². The third-order valence-electron chi connectivity index (χ3n) is 8.02. The highest BCUT2D eigenvalue weighted by molar-refractivity contribution is 6.35. The Balaban J connectivity index is 1.00. The van der Waals surface area contributed by atoms with Gasteiger partial charge in [-0.25, -0.2) is 4.79 Å². The molecule has 6 rings (SSSR count). The zero-order valence-electron chi connectivity index (χ0n) is 24.6. The quantitative estimate of drug-likeness (QED) is 0.127. The molecule has 0 spiro atoms. The molecule has 13 heteroatoms. The molecule has 0 radical (unpaired) electrons. The smallest absolute Gasteiger partial charge is 0.359 e. The van der Waals surface area contributed by atoms with Crippen molar-refractivity contribution in [1.29, 1.82) is 0 Å². The second kappa shape index (κ2) is 13.3. The number of hydrogen-bond acceptors (Lipinski definition) is 8. The summed E-state index contributed by atoms with van der Waals surface area (Å²) in [5.41, 5.74) is 2.76. The fraction of sp³-hybridized carbons (Fsp3) is 0.273. The summed E-state index contributed by atoms with van der Waals surface area (Å²) in [5.74, 6) is -2.69. The second-order valence-electron chi connectivity index (χ2n) is 11.1. The fourth-order valence-electron chi connectivity index (χ4n) is 5.73. The topological polar surface area (TPSA) is 140 Å². The number of carbonyl (C=O) groups is 5. The van der Waals surface area contributed by atoms with E-state index in [9.17, 15) is 24.0 Å². The van der Waals surface area contributed by atoms with Crippen LogP contribution in [0.15, 0.2) is 60.7 Å². The minimum Gasteiger partial charge on any atom is -0.461 e. The van der Waals surface area contributed by atoms with Crippen LogP contribution in [0.2, 0.25) is 10.0 Å². The van der Waals surface area contributed by atoms with Crippen LogP contribution in [0, 0.1) is 0 Å². The lowest BCUT2D eigenvalue weighted by molar-refractivity contribution is -0.136. The summed E-state index contributed by atoms with van der Waals surface area (Å²) in [4.78, 5) is 64.1. The van der Waals surface area contributed by atoms with Crippen LogP contribution in [0.5, 0.6) is 0 Å². The molecule has 1 atom stereocenters. The highest BCUT2D eigenvalue weighted by atomic mass is 35.5. The highest BCUT2D eigenvalue weighted by Crippen LogP contribution is 2.32. The number of fused-ring (bicyclic) bond motifs is 2. The molecule has 2 aliphatic rings. The zero-order chi connectivity index (χ0) is 32.4. The first-order valence-corrected chi connectivity index (χ1v) is 15.6. The number of carbonyl (C=O) groups excluding carboxylic acids is 5. The van der Waals surface area contributed by atoms with E-state index in [-0.39, 0.29) is 36.3 Å². The van der Waals surface area contributed by atoms with Crippen LogP contribution in [0.1, 0.15) is 68.9 Å². The number of anilines is 1. The number of halogens is 2. The normalized spacial score (nSPS) is 16.1. The number of benzene rings is 3. The van der Waals surface area contributed by atoms with Crippen LogP contribution in [0.4, 0.5) is 5.69 Å². The molecule has 4 amide bonds. The minimum atomic E-state index is -1.02. The van der Waals surface area contributed by atoms with Gasteiger partial charge in [-0.05, 0) is 61.6 Å². The summed E-state index contributed by atoms with van der Waals surface area (Å²) in [6, 6.07) is 16.6. The maximum atomic E-state index is 13.2. The highest BCUT2D eigenvalue weighted by Gasteiger charge is 2.45. The molecule has 0 bridgehead atoms. The Hall–Kier alpha value is -4.74. The van der Waals surface area contributed by atoms with Crippen molar-refractivity contribution >= 4 is 69.4 Å². The number of piperidine rings is 1. The number of aromatic nitrogens is 2. The fourth-order valence-corrected chi connectivity index (χ4v) is 6.20. The summed E-state index contributed by atoms with van der Waals surface area (Å²) in [7, 11) is 0. The van der Waals surface area contributed by atoms with Crippen molar-refractivity contribution in [1.82, 2.24) is 20.0 Å². The molecule has 1 saturated heterocycles. The number of imide groups is 2. The van der Waals surface area contributed by atoms with Gasteiger partial charge < -0.3 is 10.1 Å². The largest absolute Gasteiger partial charge is 0.461 e. The van der Waals surface area contributed by atoms with Gasteiger partial charge in [-0.2, -0.15) is 5.10 Å². The molecule has 1 aromatic heterocycles. The van der Waals surface area contributed by atoms with Crippen molar-refractivity contribution in [2.75, 3.05) is 18.5 Å². The van der Waals surface area contributed by atoms with E-state index in [0.29, 0.717) is 47.1 Å². The predicted octanol–water partition coefficient (Wildman–Crippen LogP) is 5.23. The van der Waals surface area contributed by atoms with E-state index in [1.807, 2.05) is 30.3 Å². The van der Waals surface area contributed by atoms with Crippen LogP contribution >= 0.6 is 23.2 Å². The molecule has 2 aliphatic heterocycles. The average Bonchev–Trinajstić information content (AvgIpc) is 3.53. The Morgan fingerprint density at radius 2 is 1.80 bits per heavy atom. The third kappa shape index (κ3) is 6.20. The molecule has 11 nitrogen and oxygen atoms in total. The molecular formula is C33H29Cl2N5O6. The van der Waals surface area contributed by atoms with Crippen molar-refractivity contribution in [2.24, 2.45) is 0 Å². The summed E-state index contributed by atoms with van der Waals surface area (Å²) in [6.07, 6.45) is 2.21. The van der Waals surface area contributed by atoms with Gasteiger partial charge in [-0.15, -0.1) is 0 Å². The molecule has 0 aliphatic carbocycles. The molecule has 0 saturated carbocycles. The number of para-hydroxylation sites is 1. The van der Waals surface area contributed by atoms with Gasteiger partial charge >= 0.3 is 5.97 Å². The number of rotatable bonds is 11. The van der Waals surface area contributed by atoms with Gasteiger partial charge in [0.2, 0.25) is 11.8 Å². The van der Waals surface area contributed by atoms with E-state index in [0.717, 1.165) is 22.4 Å². The summed E-state index contributed by atoms with van der Waals surface area (Å²) in [5, 5.41) is 11.7. The molecule has 1 fully saturated rings. The van der Waals surface area contributed by atoms with Crippen molar-refractivity contribution < 1.29 is 28.7 Å². The monoisotopic (exact) mass is 661 g/mol. The standard InChI is InChI=1S/C33H29Cl2N5O6/c34-20-12-11-19(23(35)17-20)18-39-25-10-3-2-7-21(25)29(38-39)33(45)46-16-5-1-4-15-36-24-9-6-8-22-28(24)32(44)40(31(22)43)26-13-14-27(41)37-30(26)42/h2-3,6-12,17,26,36H,1,4-5,13-16,18H2,(H,37,41,42). The summed E-state index contributed by atoms with van der Waals surface area (Å²) in [6.45, 7) is 1.07. The van der Waals surface area contributed by atoms with Crippen LogP contribution in [-0.2, 0) is 20.9 Å². The van der Waals surface area contributed by atoms with E-state index in [2.05, 4.69) is 15.7 Å². The van der Waals surface area contributed by atoms with E-state index in [1.54, 1.807) is 35.0 Å². The van der Waals surface area contributed by atoms with Gasteiger partial charge in [0.05, 0.1) is 29.8 Å². The lowest BCUT2D eigenvalue weighted by Gasteiger charge is -2.27. The van der Waals surface area contributed by atoms with Gasteiger partial charge in [-0.3, -0.25) is 34.1 Å². The van der Waals surface area contributed by atoms with E-state index >= 15 is 0 Å². The molecule has 3 heterocycles. The van der Waals surface area contributed by atoms with Gasteiger partial charge in [-0.1, -0.05) is 53.5 Å². The van der Waals surface area contributed by atoms with Gasteiger partial charge in [0.25, 0.3) is 11.8 Å². The van der Waals surface area contributed by atoms with Crippen LogP contribution < -0.4 is 10.6 Å². The van der Waals surface area contributed by atoms with Crippen LogP contribution in [-0.4, -0.2) is 63.5 Å². The van der Waals surface area contributed by atoms with Crippen molar-refractivity contribution in [3.8, 4) is 0 Å². The maximum absolute atomic E-state index is 13.2. The predicted molar refractivity (Wildman–Crippen MR) is 171 cm³/mol. The van der Waals surface area contributed by atoms with Gasteiger partial charge in [0.15, 0.2) is 5.69 Å². The van der Waals surface area contributed by atoms with E-state index in [1.165, 1.54) is 0 Å². The molecule has 3 aromatic carbocycles. The number of amides is 4. The van der Waals surface area contributed by atoms with Crippen molar-refractivity contribution in [3.63, 3.8) is 0 Å². The second-order valence-corrected chi connectivity index (χ2v) is 11.9. The number of nitrogens with zero attached hydrogens (tertiary/aromatic N) is 3. The number of hydrogen-bond donors (Lipinski definition) is 2. The van der Waals surface area contributed by atoms with Gasteiger partial charge in [0, 0.05) is 34.1 Å². The molecular weight excluding hydrogens is 633 g/mol. The summed E-state index contributed by atoms with van der Waals surface area (Å²) < 4.78 is 7.27. The van der Waals surface area contributed by atoms with Crippen LogP contribution in [0.25, 0.3) is 10.9 Å². The number of nitrogens with one attached hydrogen (secondary N) is 2. The lowest BCUT2D eigenvalue weighted by atomic mass is 10.0. The Labute approximate surface area is 273 Å². The number of unbranched alkanes of at least 4 members (excludes halogenated alkanes) is 2. The zero-order valence-corrected chi connectivity index (χ0v) is 26.1. The lowest BCUT2D eigenvalue weighted by Crippen LogP contribution is -2.54. The van der Waals surface area contributed by atoms with E-state index in [4.69, 9.17) is 27.9 Å². The first-order valence-electron chi connectivity index (χ1n) is 14.9. The molecule has 1 unspecified atom stereocenters. The summed E-state index contributed by atoms with van der Waals surface area (Å²) >= 11 is 12.4. The molecule has 4 aromatic rings. The maximum Gasteiger partial charge on any atom is 0.359 e. The number of ether oxygens (including phenoxy) is 1. The molecule has 46 heavy (non-hydrogen) atoms. The van der Waals surface area contributed by atoms with Gasteiger partial charge in [0.1, 0.15) is 6.04 Å². The van der Waals surface area contributed by atoms with Crippen LogP contribution in [0.3, 0.4) is 0 Å². The van der Waals surface area contributed by atoms with Crippen molar-refractivity contribution in [3.05, 3.63) is 93.1 Å². The molecule has 2 N–H and O–H groups in total. The Bertz CT molecular complexity index is 1890. The average molecular weight is 663 g/mol. The Kier molecular flexibility index (Phi) is 9.05. The Morgan fingerprint density at radius 3 is 2.61 bits per heavy atom. The number of esters is 1. The minimum absolute atomic E-state index is 0.0593. The SMILES string of the molecule is O=C1CCC(N2C(=O)c3cccc(NCCCCCOC(=O)c4nn(Cc5ccc(Cl)cc5Cl)c5ccccc45)c3C2=O)C(=O)N1. The Morgan fingerprint density at radius 1 is 0.978 bits per heavy atom. The first-order chi connectivity index (χ1) is 22.2. The van der Waals surface area contributed by atoms with Crippen molar-refractivity contribution in [2.45, 2.75) is 44.7 Å². The third-order valence-corrected chi connectivity index (χ3v) is 8.61.